The number of benzene rings is 1. The predicted octanol–water partition coefficient (Wildman–Crippen LogP) is 6.18. The van der Waals surface area contributed by atoms with Crippen LogP contribution in [-0.2, 0) is 0 Å². The average molecular weight is 381 g/mol. The first-order chi connectivity index (χ1) is 14.1. The Morgan fingerprint density at radius 1 is 1.03 bits per heavy atom. The molecule has 4 rings (SSSR count). The molecule has 0 atom stereocenters. The van der Waals surface area contributed by atoms with Crippen LogP contribution in [0.1, 0.15) is 29.4 Å². The summed E-state index contributed by atoms with van der Waals surface area (Å²) < 4.78 is 6.22. The van der Waals surface area contributed by atoms with E-state index in [-0.39, 0.29) is 0 Å². The van der Waals surface area contributed by atoms with Crippen molar-refractivity contribution in [3.05, 3.63) is 83.3 Å². The molecular weight excluding hydrogens is 358 g/mol. The van der Waals surface area contributed by atoms with E-state index in [4.69, 9.17) is 4.42 Å². The Morgan fingerprint density at radius 3 is 2.62 bits per heavy atom. The van der Waals surface area contributed by atoms with Gasteiger partial charge in [0.2, 0.25) is 5.71 Å². The Hall–Kier alpha value is -3.53. The van der Waals surface area contributed by atoms with E-state index in [0.29, 0.717) is 5.71 Å². The molecule has 144 valence electrons. The number of pyridine rings is 2. The normalized spacial score (nSPS) is 13.1. The molecule has 3 heterocycles. The number of nitrogens with zero attached hydrogens (tertiary/aromatic N) is 3. The van der Waals surface area contributed by atoms with Gasteiger partial charge in [-0.05, 0) is 68.3 Å². The molecule has 4 nitrogen and oxygen atoms in total. The first-order valence-corrected chi connectivity index (χ1v) is 9.60. The van der Waals surface area contributed by atoms with Gasteiger partial charge in [-0.2, -0.15) is 0 Å². The number of furan rings is 1. The lowest BCUT2D eigenvalue weighted by Gasteiger charge is -2.09. The molecule has 0 aliphatic carbocycles. The maximum atomic E-state index is 6.22. The fourth-order valence-electron chi connectivity index (χ4n) is 3.60. The first kappa shape index (κ1) is 18.8. The second-order valence-electron chi connectivity index (χ2n) is 7.11. The van der Waals surface area contributed by atoms with E-state index < -0.39 is 0 Å². The third-order valence-corrected chi connectivity index (χ3v) is 4.98. The van der Waals surface area contributed by atoms with Crippen LogP contribution in [0.5, 0.6) is 0 Å². The van der Waals surface area contributed by atoms with Crippen LogP contribution >= 0.6 is 0 Å². The summed E-state index contributed by atoms with van der Waals surface area (Å²) in [5.41, 5.74) is 7.75. The quantitative estimate of drug-likeness (QED) is 0.313. The summed E-state index contributed by atoms with van der Waals surface area (Å²) >= 11 is 0. The average Bonchev–Trinajstić information content (AvgIpc) is 3.08. The van der Waals surface area contributed by atoms with Crippen LogP contribution in [0, 0.1) is 13.8 Å². The number of allylic oxidation sites excluding steroid dienone is 4. The van der Waals surface area contributed by atoms with Gasteiger partial charge in [-0.1, -0.05) is 18.2 Å². The highest BCUT2D eigenvalue weighted by Gasteiger charge is 2.15. The van der Waals surface area contributed by atoms with E-state index in [1.165, 1.54) is 0 Å². The number of rotatable bonds is 4. The number of hydrogen-bond acceptors (Lipinski definition) is 4. The maximum absolute atomic E-state index is 6.22. The second kappa shape index (κ2) is 7.84. The molecule has 4 heteroatoms. The highest BCUT2D eigenvalue weighted by atomic mass is 16.3. The fraction of sp³-hybridized carbons (Fsp3) is 0.160. The van der Waals surface area contributed by atoms with Crippen molar-refractivity contribution in [2.75, 3.05) is 7.05 Å². The molecule has 0 fully saturated rings. The SMILES string of the molecule is CN=C/C=C(\C=C(/C)c1c(C)ccc2c1oc1nc(C)ccc12)c1ccccn1. The van der Waals surface area contributed by atoms with Crippen molar-refractivity contribution < 1.29 is 4.42 Å². The predicted molar refractivity (Wildman–Crippen MR) is 121 cm³/mol. The summed E-state index contributed by atoms with van der Waals surface area (Å²) in [7, 11) is 1.76. The summed E-state index contributed by atoms with van der Waals surface area (Å²) in [6, 6.07) is 14.3. The number of aromatic nitrogens is 2. The molecule has 0 radical (unpaired) electrons. The second-order valence-corrected chi connectivity index (χ2v) is 7.11. The van der Waals surface area contributed by atoms with E-state index in [9.17, 15) is 0 Å². The van der Waals surface area contributed by atoms with Gasteiger partial charge in [-0.15, -0.1) is 0 Å². The van der Waals surface area contributed by atoms with Crippen LogP contribution < -0.4 is 0 Å². The Kier molecular flexibility index (Phi) is 5.09. The molecular formula is C25H23N3O. The minimum absolute atomic E-state index is 0.679. The number of fused-ring (bicyclic) bond motifs is 3. The molecule has 4 aromatic rings. The molecule has 0 amide bonds. The molecule has 1 aromatic carbocycles. The van der Waals surface area contributed by atoms with Crippen LogP contribution in [-0.4, -0.2) is 23.2 Å². The van der Waals surface area contributed by atoms with Crippen LogP contribution in [0.3, 0.4) is 0 Å². The highest BCUT2D eigenvalue weighted by Crippen LogP contribution is 2.35. The van der Waals surface area contributed by atoms with Crippen molar-refractivity contribution in [2.24, 2.45) is 4.99 Å². The van der Waals surface area contributed by atoms with Gasteiger partial charge >= 0.3 is 0 Å². The molecule has 0 saturated heterocycles. The fourth-order valence-corrected chi connectivity index (χ4v) is 3.60. The molecule has 29 heavy (non-hydrogen) atoms. The standard InChI is InChI=1S/C25H23N3O/c1-16-8-10-20-21-11-9-18(3)28-25(21)29-24(20)23(16)17(2)15-19(12-14-26-4)22-7-5-6-13-27-22/h5-15H,1-4H3/b17-15+,19-12+,26-14?. The molecule has 0 bridgehead atoms. The Bertz CT molecular complexity index is 1280. The molecule has 0 unspecified atom stereocenters. The lowest BCUT2D eigenvalue weighted by atomic mass is 9.96. The first-order valence-electron chi connectivity index (χ1n) is 9.60. The third kappa shape index (κ3) is 3.61. The molecule has 0 aliphatic rings. The molecule has 0 aliphatic heterocycles. The topological polar surface area (TPSA) is 51.3 Å². The largest absolute Gasteiger partial charge is 0.437 e. The molecule has 0 N–H and O–H groups in total. The van der Waals surface area contributed by atoms with Gasteiger partial charge in [-0.3, -0.25) is 9.98 Å². The van der Waals surface area contributed by atoms with Crippen molar-refractivity contribution in [1.82, 2.24) is 9.97 Å². The zero-order valence-electron chi connectivity index (χ0n) is 17.1. The van der Waals surface area contributed by atoms with Crippen LogP contribution in [0.25, 0.3) is 33.2 Å². The number of aryl methyl sites for hydroxylation is 2. The minimum atomic E-state index is 0.679. The van der Waals surface area contributed by atoms with Gasteiger partial charge in [0.05, 0.1) is 5.69 Å². The minimum Gasteiger partial charge on any atom is -0.437 e. The van der Waals surface area contributed by atoms with Gasteiger partial charge in [-0.25, -0.2) is 4.98 Å². The van der Waals surface area contributed by atoms with Crippen LogP contribution in [0.2, 0.25) is 0 Å². The molecule has 3 aromatic heterocycles. The van der Waals surface area contributed by atoms with Crippen molar-refractivity contribution >= 4 is 39.4 Å². The summed E-state index contributed by atoms with van der Waals surface area (Å²) in [6.07, 6.45) is 7.70. The third-order valence-electron chi connectivity index (χ3n) is 4.98. The Morgan fingerprint density at radius 2 is 1.86 bits per heavy atom. The van der Waals surface area contributed by atoms with E-state index in [1.54, 1.807) is 19.5 Å². The van der Waals surface area contributed by atoms with Gasteiger partial charge < -0.3 is 4.42 Å². The monoisotopic (exact) mass is 381 g/mol. The van der Waals surface area contributed by atoms with E-state index in [2.05, 4.69) is 53.1 Å². The van der Waals surface area contributed by atoms with E-state index in [1.807, 2.05) is 37.3 Å². The van der Waals surface area contributed by atoms with Gasteiger partial charge in [0.25, 0.3) is 0 Å². The summed E-state index contributed by atoms with van der Waals surface area (Å²) in [5.74, 6) is 0. The zero-order chi connectivity index (χ0) is 20.4. The Labute approximate surface area is 170 Å². The van der Waals surface area contributed by atoms with Crippen molar-refractivity contribution in [3.8, 4) is 0 Å². The van der Waals surface area contributed by atoms with Crippen LogP contribution in [0.4, 0.5) is 0 Å². The lowest BCUT2D eigenvalue weighted by Crippen LogP contribution is -1.91. The zero-order valence-corrected chi connectivity index (χ0v) is 17.1. The van der Waals surface area contributed by atoms with E-state index >= 15 is 0 Å². The molecule has 0 saturated carbocycles. The van der Waals surface area contributed by atoms with Crippen molar-refractivity contribution in [3.63, 3.8) is 0 Å². The van der Waals surface area contributed by atoms with Gasteiger partial charge in [0.1, 0.15) is 5.58 Å². The molecule has 0 spiro atoms. The smallest absolute Gasteiger partial charge is 0.227 e. The van der Waals surface area contributed by atoms with Gasteiger partial charge in [0.15, 0.2) is 0 Å². The van der Waals surface area contributed by atoms with Crippen molar-refractivity contribution in [1.29, 1.82) is 0 Å². The summed E-state index contributed by atoms with van der Waals surface area (Å²) in [5, 5.41) is 2.12. The summed E-state index contributed by atoms with van der Waals surface area (Å²) in [6.45, 7) is 6.19. The van der Waals surface area contributed by atoms with E-state index in [0.717, 1.165) is 50.0 Å². The maximum Gasteiger partial charge on any atom is 0.227 e. The Balaban J connectivity index is 1.92. The summed E-state index contributed by atoms with van der Waals surface area (Å²) in [4.78, 5) is 13.2. The number of hydrogen-bond donors (Lipinski definition) is 0. The van der Waals surface area contributed by atoms with Crippen molar-refractivity contribution in [2.45, 2.75) is 20.8 Å². The van der Waals surface area contributed by atoms with Gasteiger partial charge in [0, 0.05) is 47.1 Å². The number of aliphatic imine (C=N–C) groups is 1. The lowest BCUT2D eigenvalue weighted by molar-refractivity contribution is 0.651. The van der Waals surface area contributed by atoms with Crippen LogP contribution in [0.15, 0.2) is 70.2 Å². The highest BCUT2D eigenvalue weighted by molar-refractivity contribution is 6.08.